The first-order chi connectivity index (χ1) is 13.3. The predicted molar refractivity (Wildman–Crippen MR) is 108 cm³/mol. The van der Waals surface area contributed by atoms with Crippen molar-refractivity contribution in [2.45, 2.75) is 31.0 Å². The Kier molecular flexibility index (Phi) is 5.52. The van der Waals surface area contributed by atoms with Gasteiger partial charge in [-0.3, -0.25) is 0 Å². The molecule has 2 atom stereocenters. The molecule has 4 rings (SSSR count). The number of benzene rings is 3. The summed E-state index contributed by atoms with van der Waals surface area (Å²) in [6, 6.07) is 29.0. The van der Waals surface area contributed by atoms with Crippen LogP contribution in [0.2, 0.25) is 0 Å². The molecule has 0 aromatic heterocycles. The van der Waals surface area contributed by atoms with E-state index >= 15 is 0 Å². The molecule has 0 amide bonds. The van der Waals surface area contributed by atoms with Crippen molar-refractivity contribution in [3.63, 3.8) is 0 Å². The fourth-order valence-electron chi connectivity index (χ4n) is 3.85. The van der Waals surface area contributed by atoms with E-state index in [4.69, 9.17) is 4.74 Å². The molecule has 0 spiro atoms. The molecule has 0 bridgehead atoms. The number of rotatable bonds is 6. The van der Waals surface area contributed by atoms with Gasteiger partial charge in [-0.1, -0.05) is 72.8 Å². The van der Waals surface area contributed by atoms with Gasteiger partial charge in [-0.2, -0.15) is 0 Å². The van der Waals surface area contributed by atoms with Crippen LogP contribution in [-0.4, -0.2) is 23.9 Å². The van der Waals surface area contributed by atoms with E-state index in [1.807, 2.05) is 12.1 Å². The zero-order valence-electron chi connectivity index (χ0n) is 15.3. The lowest BCUT2D eigenvalue weighted by Crippen LogP contribution is -2.29. The molecule has 1 saturated heterocycles. The van der Waals surface area contributed by atoms with Crippen molar-refractivity contribution in [1.29, 1.82) is 0 Å². The Balaban J connectivity index is 1.45. The minimum atomic E-state index is 0.159. The molecule has 1 aliphatic heterocycles. The van der Waals surface area contributed by atoms with Gasteiger partial charge in [0.2, 0.25) is 0 Å². The van der Waals surface area contributed by atoms with Gasteiger partial charge in [0.15, 0.2) is 0 Å². The maximum atomic E-state index is 9.41. The second-order valence-electron chi connectivity index (χ2n) is 7.15. The van der Waals surface area contributed by atoms with E-state index in [-0.39, 0.29) is 12.0 Å². The highest BCUT2D eigenvalue weighted by molar-refractivity contribution is 5.34. The third-order valence-electron chi connectivity index (χ3n) is 5.25. The van der Waals surface area contributed by atoms with Crippen LogP contribution in [0.25, 0.3) is 0 Å². The normalized spacial score (nSPS) is 19.4. The average Bonchev–Trinajstić information content (AvgIpc) is 3.18. The molecular weight excluding hydrogens is 334 g/mol. The lowest BCUT2D eigenvalue weighted by molar-refractivity contribution is 0.0959. The highest BCUT2D eigenvalue weighted by atomic mass is 16.5. The second-order valence-corrected chi connectivity index (χ2v) is 7.15. The molecule has 1 aliphatic rings. The molecule has 0 aliphatic carbocycles. The molecule has 138 valence electrons. The van der Waals surface area contributed by atoms with Gasteiger partial charge < -0.3 is 15.2 Å². The SMILES string of the molecule is Oc1ccc(CN[C@H]2CO[C@H](C(c3ccccc3)c3ccccc3)C2)cc1. The standard InChI is InChI=1S/C24H25NO2/c26-22-13-11-18(12-14-22)16-25-21-15-23(27-17-21)24(19-7-3-1-4-8-19)20-9-5-2-6-10-20/h1-14,21,23-26H,15-17H2/t21-,23+/m1/s1. The fraction of sp³-hybridized carbons (Fsp3) is 0.250. The van der Waals surface area contributed by atoms with Gasteiger partial charge in [-0.05, 0) is 35.2 Å². The van der Waals surface area contributed by atoms with Crippen LogP contribution in [-0.2, 0) is 11.3 Å². The smallest absolute Gasteiger partial charge is 0.115 e. The van der Waals surface area contributed by atoms with Gasteiger partial charge in [-0.25, -0.2) is 0 Å². The summed E-state index contributed by atoms with van der Waals surface area (Å²) in [6.45, 7) is 1.50. The molecule has 1 fully saturated rings. The summed E-state index contributed by atoms with van der Waals surface area (Å²) >= 11 is 0. The summed E-state index contributed by atoms with van der Waals surface area (Å²) < 4.78 is 6.24. The molecular formula is C24H25NO2. The van der Waals surface area contributed by atoms with Gasteiger partial charge >= 0.3 is 0 Å². The van der Waals surface area contributed by atoms with E-state index in [1.54, 1.807) is 12.1 Å². The van der Waals surface area contributed by atoms with Gasteiger partial charge in [0.1, 0.15) is 5.75 Å². The number of aromatic hydroxyl groups is 1. The summed E-state index contributed by atoms with van der Waals surface area (Å²) in [7, 11) is 0. The van der Waals surface area contributed by atoms with Crippen LogP contribution in [0, 0.1) is 0 Å². The lowest BCUT2D eigenvalue weighted by Gasteiger charge is -2.24. The van der Waals surface area contributed by atoms with Crippen LogP contribution in [0.4, 0.5) is 0 Å². The highest BCUT2D eigenvalue weighted by Gasteiger charge is 2.33. The Labute approximate surface area is 160 Å². The number of hydrogen-bond donors (Lipinski definition) is 2. The number of phenolic OH excluding ortho intramolecular Hbond substituents is 1. The summed E-state index contributed by atoms with van der Waals surface area (Å²) in [5.41, 5.74) is 3.76. The van der Waals surface area contributed by atoms with Crippen molar-refractivity contribution in [3.8, 4) is 5.75 Å². The Hall–Kier alpha value is -2.62. The molecule has 1 heterocycles. The fourth-order valence-corrected chi connectivity index (χ4v) is 3.85. The molecule has 3 aromatic carbocycles. The van der Waals surface area contributed by atoms with Crippen LogP contribution in [0.5, 0.6) is 5.75 Å². The molecule has 27 heavy (non-hydrogen) atoms. The summed E-state index contributed by atoms with van der Waals surface area (Å²) in [5, 5.41) is 13.0. The number of nitrogens with one attached hydrogen (secondary N) is 1. The zero-order valence-corrected chi connectivity index (χ0v) is 15.3. The number of hydrogen-bond acceptors (Lipinski definition) is 3. The third-order valence-corrected chi connectivity index (χ3v) is 5.25. The van der Waals surface area contributed by atoms with Crippen molar-refractivity contribution < 1.29 is 9.84 Å². The summed E-state index contributed by atoms with van der Waals surface area (Å²) in [4.78, 5) is 0. The number of phenols is 1. The van der Waals surface area contributed by atoms with Crippen molar-refractivity contribution in [2.24, 2.45) is 0 Å². The third kappa shape index (κ3) is 4.38. The second kappa shape index (κ2) is 8.38. The van der Waals surface area contributed by atoms with Gasteiger partial charge in [0.05, 0.1) is 12.7 Å². The van der Waals surface area contributed by atoms with Gasteiger partial charge in [-0.15, -0.1) is 0 Å². The van der Waals surface area contributed by atoms with E-state index in [2.05, 4.69) is 66.0 Å². The minimum absolute atomic E-state index is 0.159. The first-order valence-electron chi connectivity index (χ1n) is 9.52. The molecule has 3 heteroatoms. The summed E-state index contributed by atoms with van der Waals surface area (Å²) in [6.07, 6.45) is 1.14. The predicted octanol–water partition coefficient (Wildman–Crippen LogP) is 4.47. The molecule has 3 nitrogen and oxygen atoms in total. The maximum Gasteiger partial charge on any atom is 0.115 e. The summed E-state index contributed by atoms with van der Waals surface area (Å²) in [5.74, 6) is 0.546. The first-order valence-corrected chi connectivity index (χ1v) is 9.52. The molecule has 0 saturated carbocycles. The molecule has 0 unspecified atom stereocenters. The largest absolute Gasteiger partial charge is 0.508 e. The Bertz CT molecular complexity index is 794. The monoisotopic (exact) mass is 359 g/mol. The van der Waals surface area contributed by atoms with E-state index in [9.17, 15) is 5.11 Å². The van der Waals surface area contributed by atoms with E-state index in [0.29, 0.717) is 11.8 Å². The minimum Gasteiger partial charge on any atom is -0.508 e. The van der Waals surface area contributed by atoms with E-state index in [1.165, 1.54) is 16.7 Å². The van der Waals surface area contributed by atoms with Crippen LogP contribution in [0.3, 0.4) is 0 Å². The van der Waals surface area contributed by atoms with Crippen molar-refractivity contribution >= 4 is 0 Å². The van der Waals surface area contributed by atoms with Crippen molar-refractivity contribution in [1.82, 2.24) is 5.32 Å². The molecule has 2 N–H and O–H groups in total. The van der Waals surface area contributed by atoms with Crippen LogP contribution >= 0.6 is 0 Å². The highest BCUT2D eigenvalue weighted by Crippen LogP contribution is 2.34. The number of ether oxygens (including phenoxy) is 1. The van der Waals surface area contributed by atoms with Gasteiger partial charge in [0, 0.05) is 18.5 Å². The maximum absolute atomic E-state index is 9.41. The lowest BCUT2D eigenvalue weighted by atomic mass is 9.85. The van der Waals surface area contributed by atoms with Crippen LogP contribution < -0.4 is 5.32 Å². The topological polar surface area (TPSA) is 41.5 Å². The zero-order chi connectivity index (χ0) is 18.5. The van der Waals surface area contributed by atoms with Crippen molar-refractivity contribution in [2.75, 3.05) is 6.61 Å². The Morgan fingerprint density at radius 2 is 1.44 bits per heavy atom. The van der Waals surface area contributed by atoms with Crippen molar-refractivity contribution in [3.05, 3.63) is 102 Å². The molecule has 0 radical (unpaired) electrons. The quantitative estimate of drug-likeness (QED) is 0.682. The van der Waals surface area contributed by atoms with Gasteiger partial charge in [0.25, 0.3) is 0 Å². The average molecular weight is 359 g/mol. The molecule has 3 aromatic rings. The Morgan fingerprint density at radius 3 is 2.04 bits per heavy atom. The van der Waals surface area contributed by atoms with Crippen LogP contribution in [0.15, 0.2) is 84.9 Å². The van der Waals surface area contributed by atoms with E-state index in [0.717, 1.165) is 19.6 Å². The first kappa shape index (κ1) is 17.8. The van der Waals surface area contributed by atoms with Crippen LogP contribution in [0.1, 0.15) is 29.0 Å². The van der Waals surface area contributed by atoms with E-state index < -0.39 is 0 Å². The Morgan fingerprint density at radius 1 is 0.852 bits per heavy atom.